The Balaban J connectivity index is 1.00. The molecule has 0 bridgehead atoms. The lowest BCUT2D eigenvalue weighted by Gasteiger charge is -2.49. The minimum atomic E-state index is -1.12. The first-order valence-electron chi connectivity index (χ1n) is 23.3. The number of nitrogens with one attached hydrogen (secondary N) is 4. The Hall–Kier alpha value is -8.37. The fourth-order valence-corrected chi connectivity index (χ4v) is 11.4. The second-order valence-electron chi connectivity index (χ2n) is 16.7. The van der Waals surface area contributed by atoms with Gasteiger partial charge >= 0.3 is 17.1 Å². The zero-order valence-electron chi connectivity index (χ0n) is 39.9. The highest BCUT2D eigenvalue weighted by Crippen LogP contribution is 2.43. The number of aromatic amines is 1. The number of oxime groups is 1. The molecule has 18 nitrogen and oxygen atoms in total. The first-order valence-corrected chi connectivity index (χ1v) is 26.1. The normalized spacial score (nSPS) is 15.5. The number of anilines is 1. The number of amides is 3. The van der Waals surface area contributed by atoms with Gasteiger partial charge in [-0.2, -0.15) is 0 Å². The number of aliphatic hydroxyl groups excluding tert-OH is 1. The zero-order chi connectivity index (χ0) is 52.3. The number of benzene rings is 5. The topological polar surface area (TPSA) is 239 Å². The molecule has 4 heterocycles. The minimum absolute atomic E-state index is 0.0588. The van der Waals surface area contributed by atoms with Crippen molar-refractivity contribution in [3.63, 3.8) is 0 Å². The SMILES string of the molecule is CON=C(C(=O)NC1C(=O)N2C(C(=O)OC(c3ccccc3)c3ccccc3)=C(C=CSc3n[nH]c(=O)c(=O)n3CC(=O)NCCO)CSC12)c1csc(NC(c2ccccc2)(c2ccccc2)c2ccccc2)n1. The molecule has 1 fully saturated rings. The molecule has 5 aromatic carbocycles. The predicted octanol–water partition coefficient (Wildman–Crippen LogP) is 5.54. The predicted molar refractivity (Wildman–Crippen MR) is 286 cm³/mol. The molecule has 3 amide bonds. The van der Waals surface area contributed by atoms with Gasteiger partial charge < -0.3 is 30.6 Å². The van der Waals surface area contributed by atoms with Crippen molar-refractivity contribution in [1.29, 1.82) is 0 Å². The van der Waals surface area contributed by atoms with Crippen molar-refractivity contribution in [3.05, 3.63) is 234 Å². The first kappa shape index (κ1) is 51.5. The number of thiazole rings is 1. The molecule has 75 heavy (non-hydrogen) atoms. The van der Waals surface area contributed by atoms with E-state index in [2.05, 4.69) is 31.3 Å². The smallest absolute Gasteiger partial charge is 0.356 e. The van der Waals surface area contributed by atoms with Crippen LogP contribution in [0.2, 0.25) is 0 Å². The van der Waals surface area contributed by atoms with Crippen molar-refractivity contribution in [2.45, 2.75) is 34.8 Å². The molecule has 7 aromatic rings. The molecule has 0 saturated carbocycles. The summed E-state index contributed by atoms with van der Waals surface area (Å²) in [7, 11) is 1.30. The van der Waals surface area contributed by atoms with E-state index in [0.29, 0.717) is 21.8 Å². The van der Waals surface area contributed by atoms with E-state index in [1.54, 1.807) is 11.5 Å². The van der Waals surface area contributed by atoms with Crippen LogP contribution in [-0.2, 0) is 40.8 Å². The molecule has 1 saturated heterocycles. The number of rotatable bonds is 20. The van der Waals surface area contributed by atoms with Crippen LogP contribution in [0.4, 0.5) is 5.13 Å². The van der Waals surface area contributed by atoms with Crippen molar-refractivity contribution in [1.82, 2.24) is 35.3 Å². The molecule has 2 unspecified atom stereocenters. The van der Waals surface area contributed by atoms with Gasteiger partial charge in [-0.15, -0.1) is 28.2 Å². The van der Waals surface area contributed by atoms with Gasteiger partial charge in [-0.05, 0) is 44.9 Å². The van der Waals surface area contributed by atoms with Crippen LogP contribution < -0.4 is 27.1 Å². The maximum Gasteiger partial charge on any atom is 0.356 e. The molecular formula is C54H47N9O9S3. The number of hydrogen-bond donors (Lipinski definition) is 5. The van der Waals surface area contributed by atoms with E-state index in [-0.39, 0.29) is 41.2 Å². The third-order valence-corrected chi connectivity index (χ3v) is 14.9. The Kier molecular flexibility index (Phi) is 16.3. The van der Waals surface area contributed by atoms with E-state index in [1.165, 1.54) is 40.5 Å². The summed E-state index contributed by atoms with van der Waals surface area (Å²) < 4.78 is 7.19. The van der Waals surface area contributed by atoms with Crippen LogP contribution in [0.3, 0.4) is 0 Å². The number of carbonyl (C=O) groups excluding carboxylic acids is 4. The molecule has 21 heteroatoms. The highest BCUT2D eigenvalue weighted by Gasteiger charge is 2.55. The molecule has 0 spiro atoms. The van der Waals surface area contributed by atoms with E-state index >= 15 is 0 Å². The maximum atomic E-state index is 14.7. The van der Waals surface area contributed by atoms with Gasteiger partial charge in [-0.1, -0.05) is 169 Å². The molecule has 0 aliphatic carbocycles. The number of nitrogens with zero attached hydrogens (tertiary/aromatic N) is 5. The van der Waals surface area contributed by atoms with Crippen LogP contribution in [0.15, 0.2) is 200 Å². The largest absolute Gasteiger partial charge is 0.448 e. The Bertz CT molecular complexity index is 3260. The fraction of sp³-hybridized carbons (Fsp3) is 0.167. The third-order valence-electron chi connectivity index (χ3n) is 12.1. The van der Waals surface area contributed by atoms with E-state index in [4.69, 9.17) is 19.7 Å². The first-order chi connectivity index (χ1) is 36.6. The van der Waals surface area contributed by atoms with Crippen LogP contribution in [0.1, 0.15) is 39.6 Å². The highest BCUT2D eigenvalue weighted by molar-refractivity contribution is 8.02. The summed E-state index contributed by atoms with van der Waals surface area (Å²) in [4.78, 5) is 92.6. The van der Waals surface area contributed by atoms with Gasteiger partial charge in [0.05, 0.1) is 6.61 Å². The molecule has 2 aromatic heterocycles. The number of allylic oxidation sites excluding steroid dienone is 1. The molecular weight excluding hydrogens is 1010 g/mol. The van der Waals surface area contributed by atoms with Gasteiger partial charge in [0.1, 0.15) is 42.0 Å². The molecule has 5 N–H and O–H groups in total. The lowest BCUT2D eigenvalue weighted by atomic mass is 9.77. The average molecular weight is 1060 g/mol. The number of H-pyrrole nitrogens is 1. The summed E-state index contributed by atoms with van der Waals surface area (Å²) in [6, 6.07) is 47.0. The van der Waals surface area contributed by atoms with Crippen molar-refractivity contribution in [3.8, 4) is 0 Å². The number of fused-ring (bicyclic) bond motifs is 1. The summed E-state index contributed by atoms with van der Waals surface area (Å²) in [6.45, 7) is -0.965. The Morgan fingerprint density at radius 1 is 0.867 bits per heavy atom. The third kappa shape index (κ3) is 11.1. The van der Waals surface area contributed by atoms with Crippen LogP contribution in [0.25, 0.3) is 0 Å². The Morgan fingerprint density at radius 2 is 1.44 bits per heavy atom. The van der Waals surface area contributed by atoms with Crippen LogP contribution in [0, 0.1) is 0 Å². The van der Waals surface area contributed by atoms with Gasteiger partial charge in [0, 0.05) is 17.7 Å². The second-order valence-corrected chi connectivity index (χ2v) is 19.5. The number of ether oxygens (including phenoxy) is 1. The quantitative estimate of drug-likeness (QED) is 0.0120. The van der Waals surface area contributed by atoms with E-state index in [9.17, 15) is 28.8 Å². The summed E-state index contributed by atoms with van der Waals surface area (Å²) >= 11 is 3.41. The number of esters is 1. The van der Waals surface area contributed by atoms with Crippen LogP contribution in [0.5, 0.6) is 0 Å². The number of thioether (sulfide) groups is 2. The summed E-state index contributed by atoms with van der Waals surface area (Å²) in [6.07, 6.45) is 0.670. The molecule has 2 atom stereocenters. The van der Waals surface area contributed by atoms with Crippen molar-refractivity contribution < 1.29 is 33.9 Å². The molecule has 380 valence electrons. The van der Waals surface area contributed by atoms with E-state index in [0.717, 1.165) is 33.0 Å². The number of hydrogen-bond acceptors (Lipinski definition) is 16. The number of aliphatic hydroxyl groups is 1. The maximum absolute atomic E-state index is 14.7. The number of carbonyl (C=O) groups is 4. The van der Waals surface area contributed by atoms with E-state index < -0.39 is 64.4 Å². The zero-order valence-corrected chi connectivity index (χ0v) is 42.3. The number of β-lactam (4-membered cyclic amide) rings is 1. The molecule has 2 aliphatic heterocycles. The highest BCUT2D eigenvalue weighted by atomic mass is 32.2. The Labute approximate surface area is 441 Å². The van der Waals surface area contributed by atoms with Gasteiger partial charge in [-0.25, -0.2) is 14.9 Å². The van der Waals surface area contributed by atoms with Gasteiger partial charge in [0.25, 0.3) is 11.8 Å². The summed E-state index contributed by atoms with van der Waals surface area (Å²) in [5.74, 6) is -2.69. The lowest BCUT2D eigenvalue weighted by Crippen LogP contribution is -2.71. The van der Waals surface area contributed by atoms with Gasteiger partial charge in [0.2, 0.25) is 5.91 Å². The van der Waals surface area contributed by atoms with Crippen molar-refractivity contribution >= 4 is 69.4 Å². The van der Waals surface area contributed by atoms with Crippen molar-refractivity contribution in [2.24, 2.45) is 5.16 Å². The van der Waals surface area contributed by atoms with Crippen LogP contribution in [-0.4, -0.2) is 96.6 Å². The second kappa shape index (κ2) is 23.7. The fourth-order valence-electron chi connectivity index (χ4n) is 8.61. The lowest BCUT2D eigenvalue weighted by molar-refractivity contribution is -0.154. The number of aromatic nitrogens is 4. The van der Waals surface area contributed by atoms with Gasteiger partial charge in [-0.3, -0.25) is 33.4 Å². The van der Waals surface area contributed by atoms with Gasteiger partial charge in [0.15, 0.2) is 22.1 Å². The van der Waals surface area contributed by atoms with Crippen molar-refractivity contribution in [2.75, 3.05) is 31.3 Å². The standard InChI is InChI=1S/C54H47N9O9S3/c1-71-61-42(40-33-75-52(56-40)58-54(37-21-11-4-12-22-37,38-23-13-5-14-24-38)39-25-15-6-16-26-39)46(66)57-43-48(68)63-44(51(70)72-45(34-17-7-2-8-18-34)35-19-9-3-10-20-35)36(32-74-50(43)63)27-30-73-53-60-59-47(67)49(69)62(53)31-41(65)55-28-29-64/h2-27,30,33,43,45,50,64H,28-29,31-32H2,1H3,(H,55,65)(H,56,58)(H,57,66)(H,59,67). The average Bonchev–Trinajstić information content (AvgIpc) is 3.92. The monoisotopic (exact) mass is 1060 g/mol. The minimum Gasteiger partial charge on any atom is -0.448 e. The summed E-state index contributed by atoms with van der Waals surface area (Å²) in [5.41, 5.74) is 1.44. The van der Waals surface area contributed by atoms with Crippen LogP contribution >= 0.6 is 34.9 Å². The summed E-state index contributed by atoms with van der Waals surface area (Å²) in [5, 5.41) is 31.1. The van der Waals surface area contributed by atoms with E-state index in [1.807, 2.05) is 152 Å². The molecule has 2 aliphatic rings. The Morgan fingerprint density at radius 3 is 2.00 bits per heavy atom. The molecule has 9 rings (SSSR count). The molecule has 0 radical (unpaired) electrons.